The third kappa shape index (κ3) is 2.76. The van der Waals surface area contributed by atoms with Crippen LogP contribution in [-0.4, -0.2) is 12.5 Å². The molecule has 1 aromatic heterocycles. The lowest BCUT2D eigenvalue weighted by atomic mass is 10.2. The molecule has 0 radical (unpaired) electrons. The molecule has 0 fully saturated rings. The van der Waals surface area contributed by atoms with E-state index in [0.717, 1.165) is 19.0 Å². The van der Waals surface area contributed by atoms with Gasteiger partial charge < -0.3 is 11.1 Å². The zero-order valence-electron chi connectivity index (χ0n) is 9.30. The zero-order valence-corrected chi connectivity index (χ0v) is 13.3. The second-order valence-electron chi connectivity index (χ2n) is 3.69. The highest BCUT2D eigenvalue weighted by Crippen LogP contribution is 2.35. The van der Waals surface area contributed by atoms with Crippen LogP contribution in [0.3, 0.4) is 0 Å². The molecule has 1 amide bonds. The van der Waals surface area contributed by atoms with Crippen molar-refractivity contribution < 1.29 is 4.79 Å². The number of nitrogen functional groups attached to an aromatic ring is 1. The molecule has 0 saturated heterocycles. The molecule has 0 aliphatic carbocycles. The summed E-state index contributed by atoms with van der Waals surface area (Å²) in [6.07, 6.45) is 0. The predicted molar refractivity (Wildman–Crippen MR) is 84.3 cm³/mol. The highest BCUT2D eigenvalue weighted by atomic mass is 79.9. The maximum Gasteiger partial charge on any atom is 0.263 e. The fourth-order valence-electron chi connectivity index (χ4n) is 1.52. The van der Waals surface area contributed by atoms with E-state index >= 15 is 0 Å². The van der Waals surface area contributed by atoms with E-state index in [0.29, 0.717) is 17.1 Å². The summed E-state index contributed by atoms with van der Waals surface area (Å²) in [7, 11) is 0. The number of nitrogens with two attached hydrogens (primary N) is 1. The van der Waals surface area contributed by atoms with Gasteiger partial charge in [0, 0.05) is 25.6 Å². The van der Waals surface area contributed by atoms with E-state index in [1.165, 1.54) is 11.3 Å². The van der Waals surface area contributed by atoms with Gasteiger partial charge in [0.2, 0.25) is 0 Å². The minimum atomic E-state index is -0.176. The molecule has 0 saturated carbocycles. The SMILES string of the molecule is C=C(Br)CNC(=O)c1sc2cc(Br)ccc2c1N. The molecule has 0 atom stereocenters. The van der Waals surface area contributed by atoms with Gasteiger partial charge in [-0.25, -0.2) is 0 Å². The summed E-state index contributed by atoms with van der Waals surface area (Å²) < 4.78 is 2.68. The maximum atomic E-state index is 12.0. The molecule has 0 aliphatic rings. The lowest BCUT2D eigenvalue weighted by Crippen LogP contribution is -2.24. The van der Waals surface area contributed by atoms with Gasteiger partial charge in [-0.15, -0.1) is 11.3 Å². The van der Waals surface area contributed by atoms with Gasteiger partial charge in [-0.3, -0.25) is 4.79 Å². The third-order valence-corrected chi connectivity index (χ3v) is 4.28. The van der Waals surface area contributed by atoms with Crippen LogP contribution >= 0.6 is 43.2 Å². The molecule has 0 bridgehead atoms. The number of hydrogen-bond donors (Lipinski definition) is 2. The number of rotatable bonds is 3. The van der Waals surface area contributed by atoms with Crippen molar-refractivity contribution in [1.29, 1.82) is 0 Å². The number of carbonyl (C=O) groups excluding carboxylic acids is 1. The van der Waals surface area contributed by atoms with Gasteiger partial charge in [-0.2, -0.15) is 0 Å². The molecule has 0 unspecified atom stereocenters. The number of fused-ring (bicyclic) bond motifs is 1. The van der Waals surface area contributed by atoms with E-state index in [-0.39, 0.29) is 5.91 Å². The van der Waals surface area contributed by atoms with E-state index in [2.05, 4.69) is 43.8 Å². The number of carbonyl (C=O) groups is 1. The van der Waals surface area contributed by atoms with Crippen LogP contribution in [0.1, 0.15) is 9.67 Å². The Morgan fingerprint density at radius 2 is 2.22 bits per heavy atom. The van der Waals surface area contributed by atoms with Crippen LogP contribution in [0.25, 0.3) is 10.1 Å². The molecule has 6 heteroatoms. The van der Waals surface area contributed by atoms with Crippen LogP contribution in [-0.2, 0) is 0 Å². The first-order chi connectivity index (χ1) is 8.49. The van der Waals surface area contributed by atoms with Crippen molar-refractivity contribution in [3.8, 4) is 0 Å². The van der Waals surface area contributed by atoms with Crippen LogP contribution < -0.4 is 11.1 Å². The van der Waals surface area contributed by atoms with Crippen molar-refractivity contribution in [1.82, 2.24) is 5.32 Å². The summed E-state index contributed by atoms with van der Waals surface area (Å²) in [5.74, 6) is -0.176. The molecule has 2 aromatic rings. The largest absolute Gasteiger partial charge is 0.397 e. The molecule has 18 heavy (non-hydrogen) atoms. The summed E-state index contributed by atoms with van der Waals surface area (Å²) in [5.41, 5.74) is 6.52. The average molecular weight is 390 g/mol. The van der Waals surface area contributed by atoms with Gasteiger partial charge in [0.25, 0.3) is 5.91 Å². The Bertz CT molecular complexity index is 636. The Kier molecular flexibility index (Phi) is 4.09. The molecular formula is C12H10Br2N2OS. The predicted octanol–water partition coefficient (Wildman–Crippen LogP) is 3.88. The maximum absolute atomic E-state index is 12.0. The molecule has 1 aromatic carbocycles. The van der Waals surface area contributed by atoms with Crippen LogP contribution in [0.5, 0.6) is 0 Å². The van der Waals surface area contributed by atoms with E-state index in [4.69, 9.17) is 5.73 Å². The number of halogens is 2. The van der Waals surface area contributed by atoms with Crippen LogP contribution in [0.2, 0.25) is 0 Å². The Balaban J connectivity index is 2.36. The first-order valence-corrected chi connectivity index (χ1v) is 7.48. The van der Waals surface area contributed by atoms with E-state index in [1.807, 2.05) is 18.2 Å². The Morgan fingerprint density at radius 1 is 1.50 bits per heavy atom. The Labute approximate surface area is 125 Å². The zero-order chi connectivity index (χ0) is 13.3. The number of benzene rings is 1. The quantitative estimate of drug-likeness (QED) is 0.836. The van der Waals surface area contributed by atoms with Crippen LogP contribution in [0, 0.1) is 0 Å². The third-order valence-electron chi connectivity index (χ3n) is 2.34. The highest BCUT2D eigenvalue weighted by molar-refractivity contribution is 9.11. The van der Waals surface area contributed by atoms with Crippen LogP contribution in [0.4, 0.5) is 5.69 Å². The van der Waals surface area contributed by atoms with Crippen molar-refractivity contribution >= 4 is 64.9 Å². The summed E-state index contributed by atoms with van der Waals surface area (Å²) >= 11 is 7.98. The molecule has 1 heterocycles. The second-order valence-corrected chi connectivity index (χ2v) is 6.77. The number of thiophene rings is 1. The fourth-order valence-corrected chi connectivity index (χ4v) is 3.25. The minimum Gasteiger partial charge on any atom is -0.397 e. The first kappa shape index (κ1) is 13.6. The summed E-state index contributed by atoms with van der Waals surface area (Å²) in [6.45, 7) is 4.05. The lowest BCUT2D eigenvalue weighted by molar-refractivity contribution is 0.0962. The van der Waals surface area contributed by atoms with Gasteiger partial charge in [-0.05, 0) is 12.1 Å². The minimum absolute atomic E-state index is 0.176. The molecule has 2 rings (SSSR count). The van der Waals surface area contributed by atoms with E-state index < -0.39 is 0 Å². The topological polar surface area (TPSA) is 55.1 Å². The molecule has 94 valence electrons. The van der Waals surface area contributed by atoms with Crippen molar-refractivity contribution in [2.24, 2.45) is 0 Å². The lowest BCUT2D eigenvalue weighted by Gasteiger charge is -2.02. The normalized spacial score (nSPS) is 10.6. The van der Waals surface area contributed by atoms with Gasteiger partial charge in [0.05, 0.1) is 5.69 Å². The fraction of sp³-hybridized carbons (Fsp3) is 0.0833. The monoisotopic (exact) mass is 388 g/mol. The highest BCUT2D eigenvalue weighted by Gasteiger charge is 2.16. The first-order valence-electron chi connectivity index (χ1n) is 5.08. The summed E-state index contributed by atoms with van der Waals surface area (Å²) in [6, 6.07) is 5.77. The van der Waals surface area contributed by atoms with Crippen molar-refractivity contribution in [2.45, 2.75) is 0 Å². The van der Waals surface area contributed by atoms with Gasteiger partial charge in [0.1, 0.15) is 4.88 Å². The van der Waals surface area contributed by atoms with E-state index in [1.54, 1.807) is 0 Å². The van der Waals surface area contributed by atoms with Gasteiger partial charge >= 0.3 is 0 Å². The van der Waals surface area contributed by atoms with E-state index in [9.17, 15) is 4.79 Å². The molecular weight excluding hydrogens is 380 g/mol. The molecule has 3 nitrogen and oxygen atoms in total. The van der Waals surface area contributed by atoms with Gasteiger partial charge in [-0.1, -0.05) is 44.5 Å². The number of anilines is 1. The van der Waals surface area contributed by atoms with Gasteiger partial charge in [0.15, 0.2) is 0 Å². The Hall–Kier alpha value is -0.850. The number of nitrogens with one attached hydrogen (secondary N) is 1. The molecule has 0 aliphatic heterocycles. The molecule has 0 spiro atoms. The second kappa shape index (κ2) is 5.42. The smallest absolute Gasteiger partial charge is 0.263 e. The van der Waals surface area contributed by atoms with Crippen LogP contribution in [0.15, 0.2) is 33.7 Å². The standard InChI is InChI=1S/C12H10Br2N2OS/c1-6(13)5-16-12(17)11-10(15)8-3-2-7(14)4-9(8)18-11/h2-4H,1,5,15H2,(H,16,17). The van der Waals surface area contributed by atoms with Crippen molar-refractivity contribution in [3.05, 3.63) is 38.6 Å². The van der Waals surface area contributed by atoms with Crippen molar-refractivity contribution in [3.63, 3.8) is 0 Å². The Morgan fingerprint density at radius 3 is 2.89 bits per heavy atom. The summed E-state index contributed by atoms with van der Waals surface area (Å²) in [4.78, 5) is 12.5. The summed E-state index contributed by atoms with van der Waals surface area (Å²) in [5, 5.41) is 3.66. The van der Waals surface area contributed by atoms with Crippen molar-refractivity contribution in [2.75, 3.05) is 12.3 Å². The average Bonchev–Trinajstić information content (AvgIpc) is 2.63. The number of hydrogen-bond acceptors (Lipinski definition) is 3. The number of amides is 1. The molecule has 3 N–H and O–H groups in total.